The molecule has 8 atom stereocenters. The highest BCUT2D eigenvalue weighted by molar-refractivity contribution is 8.13. The van der Waals surface area contributed by atoms with Crippen molar-refractivity contribution in [3.8, 4) is 0 Å². The molecule has 240 valence electrons. The summed E-state index contributed by atoms with van der Waals surface area (Å²) in [6.45, 7) is 6.23. The molecule has 0 amide bonds. The summed E-state index contributed by atoms with van der Waals surface area (Å²) in [4.78, 5) is 36.4. The van der Waals surface area contributed by atoms with Gasteiger partial charge in [-0.25, -0.2) is 19.2 Å². The Morgan fingerprint density at radius 3 is 2.73 bits per heavy atom. The number of benzene rings is 1. The number of fused-ring (bicyclic) bond motifs is 5. The van der Waals surface area contributed by atoms with Crippen LogP contribution in [0.25, 0.3) is 0 Å². The van der Waals surface area contributed by atoms with Gasteiger partial charge in [-0.2, -0.15) is 0 Å². The van der Waals surface area contributed by atoms with Crippen LogP contribution in [0.15, 0.2) is 69.8 Å². The first-order chi connectivity index (χ1) is 21.5. The van der Waals surface area contributed by atoms with Crippen LogP contribution in [0, 0.1) is 40.3 Å². The maximum Gasteiger partial charge on any atom is 0.361 e. The first kappa shape index (κ1) is 31.7. The molecule has 4 aliphatic rings. The molecule has 1 heterocycles. The largest absolute Gasteiger partial charge is 0.451 e. The van der Waals surface area contributed by atoms with E-state index >= 15 is 0 Å². The normalized spacial score (nSPS) is 37.5. The number of oxazole rings is 1. The molecule has 2 aromatic rings. The summed E-state index contributed by atoms with van der Waals surface area (Å²) in [7, 11) is 1.77. The van der Waals surface area contributed by atoms with Crippen molar-refractivity contribution in [1.82, 2.24) is 10.3 Å². The third kappa shape index (κ3) is 4.98. The number of hydrogen-bond acceptors (Lipinski definition) is 10. The number of aliphatic imine (C=N–C) groups is 1. The number of carbonyl (C=O) groups excluding carboxylic acids is 2. The first-order valence-corrected chi connectivity index (χ1v) is 16.5. The van der Waals surface area contributed by atoms with E-state index in [4.69, 9.17) is 19.9 Å². The number of rotatable bonds is 6. The monoisotopic (exact) mass is 636 g/mol. The van der Waals surface area contributed by atoms with E-state index in [1.54, 1.807) is 25.4 Å². The van der Waals surface area contributed by atoms with Crippen LogP contribution in [-0.4, -0.2) is 51.5 Å². The number of carbonyl (C=O) groups is 2. The van der Waals surface area contributed by atoms with Crippen molar-refractivity contribution in [2.24, 2.45) is 45.2 Å². The molecule has 1 aromatic carbocycles. The number of aliphatic hydroxyl groups excluding tert-OH is 1. The summed E-state index contributed by atoms with van der Waals surface area (Å²) in [5, 5.41) is 15.0. The molecule has 6 rings (SSSR count). The fourth-order valence-electron chi connectivity index (χ4n) is 9.36. The maximum atomic E-state index is 14.2. The second-order valence-corrected chi connectivity index (χ2v) is 14.5. The van der Waals surface area contributed by atoms with Gasteiger partial charge in [0.2, 0.25) is 5.12 Å². The van der Waals surface area contributed by atoms with E-state index in [0.29, 0.717) is 30.8 Å². The van der Waals surface area contributed by atoms with E-state index in [1.807, 2.05) is 13.8 Å². The summed E-state index contributed by atoms with van der Waals surface area (Å²) in [6, 6.07) is 6.06. The molecule has 45 heavy (non-hydrogen) atoms. The molecular weight excluding hydrogens is 595 g/mol. The lowest BCUT2D eigenvalue weighted by Crippen LogP contribution is -2.63. The number of aliphatic hydroxyl groups is 1. The Hall–Kier alpha value is -3.28. The summed E-state index contributed by atoms with van der Waals surface area (Å²) in [5.74, 6) is -0.905. The maximum absolute atomic E-state index is 14.2. The van der Waals surface area contributed by atoms with Crippen molar-refractivity contribution < 1.29 is 28.2 Å². The molecule has 9 nitrogen and oxygen atoms in total. The molecule has 1 aromatic heterocycles. The van der Waals surface area contributed by atoms with Gasteiger partial charge in [0.05, 0.1) is 17.5 Å². The summed E-state index contributed by atoms with van der Waals surface area (Å²) >= 11 is 1.11. The van der Waals surface area contributed by atoms with E-state index in [1.165, 1.54) is 24.0 Å². The van der Waals surface area contributed by atoms with Gasteiger partial charge in [0.25, 0.3) is 0 Å². The summed E-state index contributed by atoms with van der Waals surface area (Å²) < 4.78 is 24.9. The van der Waals surface area contributed by atoms with E-state index < -0.39 is 23.1 Å². The van der Waals surface area contributed by atoms with Crippen LogP contribution in [0.4, 0.5) is 10.1 Å². The number of ether oxygens (including phenoxy) is 1. The molecule has 8 unspecified atom stereocenters. The zero-order valence-electron chi connectivity index (χ0n) is 26.1. The molecule has 4 aliphatic carbocycles. The zero-order valence-corrected chi connectivity index (χ0v) is 26.9. The van der Waals surface area contributed by atoms with Gasteiger partial charge in [0, 0.05) is 17.2 Å². The first-order valence-electron chi connectivity index (χ1n) is 15.6. The molecule has 3 fully saturated rings. The smallest absolute Gasteiger partial charge is 0.361 e. The van der Waals surface area contributed by atoms with Gasteiger partial charge in [0.15, 0.2) is 17.7 Å². The van der Waals surface area contributed by atoms with Crippen LogP contribution in [0.2, 0.25) is 0 Å². The van der Waals surface area contributed by atoms with Crippen molar-refractivity contribution in [3.05, 3.63) is 71.9 Å². The average molecular weight is 637 g/mol. The van der Waals surface area contributed by atoms with Gasteiger partial charge in [-0.1, -0.05) is 38.1 Å². The number of allylic oxidation sites excluding steroid dienone is 3. The Labute approximate surface area is 267 Å². The molecule has 0 radical (unpaired) electrons. The second kappa shape index (κ2) is 11.8. The predicted octanol–water partition coefficient (Wildman–Crippen LogP) is 5.55. The minimum atomic E-state index is -1.46. The van der Waals surface area contributed by atoms with Crippen LogP contribution in [0.5, 0.6) is 0 Å². The fraction of sp³-hybridized carbons (Fsp3) is 0.529. The van der Waals surface area contributed by atoms with Gasteiger partial charge in [-0.3, -0.25) is 4.79 Å². The van der Waals surface area contributed by atoms with Crippen molar-refractivity contribution in [2.45, 2.75) is 64.6 Å². The van der Waals surface area contributed by atoms with E-state index in [0.717, 1.165) is 42.3 Å². The highest BCUT2D eigenvalue weighted by Crippen LogP contribution is 2.70. The third-order valence-corrected chi connectivity index (χ3v) is 12.2. The number of halogens is 1. The molecule has 0 bridgehead atoms. The van der Waals surface area contributed by atoms with Crippen LogP contribution in [0.1, 0.15) is 63.4 Å². The SMILES string of the molecule is CNCSC(=O)C1(OC(=O)c2cocn2)C(C)CC2C3CCC4=CC(=Nc5ccc(F)cc5)C(=CN)CC4(C)C3C(O)CC21C. The Morgan fingerprint density at radius 1 is 1.31 bits per heavy atom. The van der Waals surface area contributed by atoms with Gasteiger partial charge in [-0.05, 0) is 104 Å². The molecule has 0 aliphatic heterocycles. The van der Waals surface area contributed by atoms with Crippen molar-refractivity contribution >= 4 is 34.2 Å². The number of nitrogens with two attached hydrogens (primary N) is 1. The topological polar surface area (TPSA) is 140 Å². The highest BCUT2D eigenvalue weighted by Gasteiger charge is 2.73. The third-order valence-electron chi connectivity index (χ3n) is 11.2. The summed E-state index contributed by atoms with van der Waals surface area (Å²) in [6.07, 6.45) is 8.56. The quantitative estimate of drug-likeness (QED) is 0.275. The molecule has 3 saturated carbocycles. The average Bonchev–Trinajstić information content (AvgIpc) is 3.63. The lowest BCUT2D eigenvalue weighted by atomic mass is 9.45. The zero-order chi connectivity index (χ0) is 32.1. The number of aromatic nitrogens is 1. The van der Waals surface area contributed by atoms with E-state index in [-0.39, 0.29) is 45.7 Å². The Balaban J connectivity index is 1.38. The van der Waals surface area contributed by atoms with E-state index in [2.05, 4.69) is 23.3 Å². The standard InChI is InChI=1S/C34H41FN4O5S/c1-19-11-25-24-10-5-21-12-26(39-23-8-6-22(35)7-9-23)20(15-36)13-32(21,2)29(24)28(40)14-33(25,3)34(19,31(42)45-18-37-4)44-30(41)27-16-43-17-38-27/h6-9,12,15-17,19,24-25,28-29,37,40H,5,10-11,13-14,18,36H2,1-4H3. The van der Waals surface area contributed by atoms with Crippen molar-refractivity contribution in [2.75, 3.05) is 12.9 Å². The lowest BCUT2D eigenvalue weighted by molar-refractivity contribution is -0.179. The van der Waals surface area contributed by atoms with Gasteiger partial charge in [0.1, 0.15) is 12.1 Å². The Morgan fingerprint density at radius 2 is 2.07 bits per heavy atom. The number of hydrogen-bond donors (Lipinski definition) is 3. The Bertz CT molecular complexity index is 1560. The number of nitrogens with one attached hydrogen (secondary N) is 1. The second-order valence-electron chi connectivity index (χ2n) is 13.5. The Kier molecular flexibility index (Phi) is 8.33. The molecule has 4 N–H and O–H groups in total. The summed E-state index contributed by atoms with van der Waals surface area (Å²) in [5.41, 5.74) is 7.03. The van der Waals surface area contributed by atoms with Crippen LogP contribution in [-0.2, 0) is 9.53 Å². The van der Waals surface area contributed by atoms with Crippen LogP contribution < -0.4 is 11.1 Å². The molecule has 11 heteroatoms. The van der Waals surface area contributed by atoms with Gasteiger partial charge in [-0.15, -0.1) is 0 Å². The van der Waals surface area contributed by atoms with Crippen LogP contribution in [0.3, 0.4) is 0 Å². The van der Waals surface area contributed by atoms with Gasteiger partial charge < -0.3 is 25.3 Å². The molecule has 0 spiro atoms. The highest BCUT2D eigenvalue weighted by atomic mass is 32.2. The molecular formula is C34H41FN4O5S. The number of nitrogens with zero attached hydrogens (tertiary/aromatic N) is 2. The van der Waals surface area contributed by atoms with Gasteiger partial charge >= 0.3 is 5.97 Å². The minimum Gasteiger partial charge on any atom is -0.451 e. The predicted molar refractivity (Wildman–Crippen MR) is 170 cm³/mol. The van der Waals surface area contributed by atoms with Crippen molar-refractivity contribution in [3.63, 3.8) is 0 Å². The van der Waals surface area contributed by atoms with Crippen molar-refractivity contribution in [1.29, 1.82) is 0 Å². The van der Waals surface area contributed by atoms with E-state index in [9.17, 15) is 19.1 Å². The lowest BCUT2D eigenvalue weighted by Gasteiger charge is -2.61. The number of thioether (sulfide) groups is 1. The molecule has 0 saturated heterocycles. The van der Waals surface area contributed by atoms with Crippen LogP contribution >= 0.6 is 11.8 Å². The number of esters is 1. The fourth-order valence-corrected chi connectivity index (χ4v) is 10.3. The minimum absolute atomic E-state index is 0.00986.